The molecule has 0 aliphatic carbocycles. The lowest BCUT2D eigenvalue weighted by Gasteiger charge is -2.18. The van der Waals surface area contributed by atoms with Crippen LogP contribution in [0.1, 0.15) is 26.3 Å². The van der Waals surface area contributed by atoms with E-state index in [0.29, 0.717) is 0 Å². The van der Waals surface area contributed by atoms with Gasteiger partial charge in [-0.3, -0.25) is 0 Å². The molecule has 16 heavy (non-hydrogen) atoms. The Morgan fingerprint density at radius 3 is 2.88 bits per heavy atom. The molecular weight excluding hydrogens is 216 g/mol. The first-order valence-corrected chi connectivity index (χ1v) is 6.68. The molecule has 1 aliphatic rings. The lowest BCUT2D eigenvalue weighted by molar-refractivity contribution is 0.590. The minimum atomic E-state index is 0.213. The number of hydrogen-bond acceptors (Lipinski definition) is 2. The quantitative estimate of drug-likeness (QED) is 0.692. The zero-order valence-electron chi connectivity index (χ0n) is 9.95. The van der Waals surface area contributed by atoms with Crippen molar-refractivity contribution in [1.29, 1.82) is 0 Å². The van der Waals surface area contributed by atoms with Crippen molar-refractivity contribution in [3.63, 3.8) is 0 Å². The van der Waals surface area contributed by atoms with Crippen molar-refractivity contribution in [2.75, 3.05) is 5.75 Å². The second kappa shape index (κ2) is 3.27. The van der Waals surface area contributed by atoms with Gasteiger partial charge in [-0.25, -0.2) is 4.98 Å². The minimum Gasteiger partial charge on any atom is -0.318 e. The molecule has 3 rings (SSSR count). The fourth-order valence-corrected chi connectivity index (χ4v) is 3.09. The van der Waals surface area contributed by atoms with Crippen molar-refractivity contribution >= 4 is 22.8 Å². The molecule has 0 unspecified atom stereocenters. The maximum Gasteiger partial charge on any atom is 0.169 e. The van der Waals surface area contributed by atoms with E-state index in [1.807, 2.05) is 11.8 Å². The van der Waals surface area contributed by atoms with Gasteiger partial charge < -0.3 is 4.57 Å². The van der Waals surface area contributed by atoms with Gasteiger partial charge >= 0.3 is 0 Å². The summed E-state index contributed by atoms with van der Waals surface area (Å²) >= 11 is 1.86. The van der Waals surface area contributed by atoms with Crippen LogP contribution in [0.3, 0.4) is 0 Å². The third-order valence-electron chi connectivity index (χ3n) is 3.13. The van der Waals surface area contributed by atoms with E-state index in [-0.39, 0.29) is 5.41 Å². The predicted octanol–water partition coefficient (Wildman–Crippen LogP) is 3.44. The Hall–Kier alpha value is -0.960. The molecule has 1 aliphatic heterocycles. The summed E-state index contributed by atoms with van der Waals surface area (Å²) in [5, 5.41) is 1.18. The monoisotopic (exact) mass is 232 g/mol. The van der Waals surface area contributed by atoms with Gasteiger partial charge in [-0.2, -0.15) is 0 Å². The summed E-state index contributed by atoms with van der Waals surface area (Å²) in [4.78, 5) is 4.64. The third kappa shape index (κ3) is 1.46. The lowest BCUT2D eigenvalue weighted by Crippen LogP contribution is -2.10. The van der Waals surface area contributed by atoms with Crippen molar-refractivity contribution in [3.8, 4) is 0 Å². The van der Waals surface area contributed by atoms with Crippen molar-refractivity contribution in [1.82, 2.24) is 9.55 Å². The first-order chi connectivity index (χ1) is 7.55. The summed E-state index contributed by atoms with van der Waals surface area (Å²) in [6.45, 7) is 7.86. The molecule has 1 aromatic carbocycles. The molecule has 0 amide bonds. The van der Waals surface area contributed by atoms with Crippen LogP contribution in [0.2, 0.25) is 0 Å². The molecule has 0 fully saturated rings. The second-order valence-corrected chi connectivity index (χ2v) is 6.41. The Morgan fingerprint density at radius 1 is 1.31 bits per heavy atom. The highest BCUT2D eigenvalue weighted by atomic mass is 32.2. The molecule has 0 bridgehead atoms. The number of benzene rings is 1. The van der Waals surface area contributed by atoms with Crippen LogP contribution in [0, 0.1) is 0 Å². The predicted molar refractivity (Wildman–Crippen MR) is 69.2 cm³/mol. The average Bonchev–Trinajstić information content (AvgIpc) is 2.74. The normalized spacial score (nSPS) is 15.7. The zero-order valence-corrected chi connectivity index (χ0v) is 10.8. The number of nitrogens with zero attached hydrogens (tertiary/aromatic N) is 2. The molecule has 0 radical (unpaired) electrons. The van der Waals surface area contributed by atoms with Gasteiger partial charge in [0.2, 0.25) is 0 Å². The van der Waals surface area contributed by atoms with E-state index in [2.05, 4.69) is 48.5 Å². The summed E-state index contributed by atoms with van der Waals surface area (Å²) in [7, 11) is 0. The van der Waals surface area contributed by atoms with E-state index in [0.717, 1.165) is 17.8 Å². The van der Waals surface area contributed by atoms with Crippen molar-refractivity contribution in [3.05, 3.63) is 23.8 Å². The number of imidazole rings is 1. The standard InChI is InChI=1S/C13H16N2S/c1-13(2,3)9-4-5-10-11(8-9)15-6-7-16-12(15)14-10/h4-5,8H,6-7H2,1-3H3. The fourth-order valence-electron chi connectivity index (χ4n) is 2.12. The number of fused-ring (bicyclic) bond motifs is 3. The molecule has 2 nitrogen and oxygen atoms in total. The van der Waals surface area contributed by atoms with Crippen molar-refractivity contribution in [2.45, 2.75) is 37.9 Å². The second-order valence-electron chi connectivity index (χ2n) is 5.35. The van der Waals surface area contributed by atoms with Crippen LogP contribution in [-0.2, 0) is 12.0 Å². The molecule has 0 N–H and O–H groups in total. The van der Waals surface area contributed by atoms with Gasteiger partial charge in [-0.05, 0) is 23.1 Å². The van der Waals surface area contributed by atoms with Gasteiger partial charge in [0.05, 0.1) is 11.0 Å². The topological polar surface area (TPSA) is 17.8 Å². The molecule has 84 valence electrons. The van der Waals surface area contributed by atoms with Gasteiger partial charge in [0.1, 0.15) is 0 Å². The lowest BCUT2D eigenvalue weighted by atomic mass is 9.87. The van der Waals surface area contributed by atoms with Gasteiger partial charge in [0, 0.05) is 12.3 Å². The van der Waals surface area contributed by atoms with E-state index in [4.69, 9.17) is 0 Å². The molecule has 3 heteroatoms. The number of aryl methyl sites for hydroxylation is 1. The summed E-state index contributed by atoms with van der Waals surface area (Å²) < 4.78 is 2.34. The highest BCUT2D eigenvalue weighted by Gasteiger charge is 2.19. The van der Waals surface area contributed by atoms with Gasteiger partial charge in [0.15, 0.2) is 5.16 Å². The molecule has 2 aromatic rings. The Kier molecular flexibility index (Phi) is 2.08. The third-order valence-corrected chi connectivity index (χ3v) is 4.08. The Balaban J connectivity index is 2.24. The maximum atomic E-state index is 4.64. The highest BCUT2D eigenvalue weighted by Crippen LogP contribution is 2.32. The van der Waals surface area contributed by atoms with Crippen LogP contribution >= 0.6 is 11.8 Å². The minimum absolute atomic E-state index is 0.213. The van der Waals surface area contributed by atoms with E-state index < -0.39 is 0 Å². The molecule has 0 atom stereocenters. The van der Waals surface area contributed by atoms with Gasteiger partial charge in [-0.1, -0.05) is 38.6 Å². The summed E-state index contributed by atoms with van der Waals surface area (Å²) in [6, 6.07) is 6.66. The SMILES string of the molecule is CC(C)(C)c1ccc2nc3n(c2c1)CCS3. The first-order valence-electron chi connectivity index (χ1n) is 5.69. The number of thioether (sulfide) groups is 1. The number of rotatable bonds is 0. The van der Waals surface area contributed by atoms with Gasteiger partial charge in [-0.15, -0.1) is 0 Å². The van der Waals surface area contributed by atoms with Crippen LogP contribution in [0.25, 0.3) is 11.0 Å². The smallest absolute Gasteiger partial charge is 0.169 e. The summed E-state index contributed by atoms with van der Waals surface area (Å²) in [6.07, 6.45) is 0. The highest BCUT2D eigenvalue weighted by molar-refractivity contribution is 7.99. The van der Waals surface area contributed by atoms with E-state index >= 15 is 0 Å². The van der Waals surface area contributed by atoms with E-state index in [1.165, 1.54) is 16.2 Å². The van der Waals surface area contributed by atoms with Gasteiger partial charge in [0.25, 0.3) is 0 Å². The van der Waals surface area contributed by atoms with Crippen LogP contribution in [0.4, 0.5) is 0 Å². The number of hydrogen-bond donors (Lipinski definition) is 0. The summed E-state index contributed by atoms with van der Waals surface area (Å²) in [5.41, 5.74) is 4.03. The summed E-state index contributed by atoms with van der Waals surface area (Å²) in [5.74, 6) is 1.16. The van der Waals surface area contributed by atoms with Crippen molar-refractivity contribution in [2.24, 2.45) is 0 Å². The molecule has 0 saturated carbocycles. The Bertz CT molecular complexity index is 549. The molecule has 0 saturated heterocycles. The van der Waals surface area contributed by atoms with Crippen LogP contribution in [0.15, 0.2) is 23.4 Å². The molecular formula is C13H16N2S. The van der Waals surface area contributed by atoms with Crippen LogP contribution in [0.5, 0.6) is 0 Å². The Labute approximate surface area is 100 Å². The Morgan fingerprint density at radius 2 is 2.12 bits per heavy atom. The number of aromatic nitrogens is 2. The van der Waals surface area contributed by atoms with Crippen LogP contribution < -0.4 is 0 Å². The van der Waals surface area contributed by atoms with Crippen LogP contribution in [-0.4, -0.2) is 15.3 Å². The largest absolute Gasteiger partial charge is 0.318 e. The molecule has 0 spiro atoms. The van der Waals surface area contributed by atoms with Crippen molar-refractivity contribution < 1.29 is 0 Å². The van der Waals surface area contributed by atoms with E-state index in [1.54, 1.807) is 0 Å². The average molecular weight is 232 g/mol. The van der Waals surface area contributed by atoms with E-state index in [9.17, 15) is 0 Å². The first kappa shape index (κ1) is 10.2. The molecule has 2 heterocycles. The molecule has 1 aromatic heterocycles. The fraction of sp³-hybridized carbons (Fsp3) is 0.462. The zero-order chi connectivity index (χ0) is 11.3. The maximum absolute atomic E-state index is 4.64.